The van der Waals surface area contributed by atoms with Gasteiger partial charge in [0, 0.05) is 116 Å². The topological polar surface area (TPSA) is 227 Å². The Morgan fingerprint density at radius 2 is 0.338 bits per heavy atom. The molecule has 0 unspecified atom stereocenters. The van der Waals surface area contributed by atoms with Crippen LogP contribution in [0.15, 0.2) is 413 Å². The molecule has 16 aromatic carbocycles. The first-order valence-corrected chi connectivity index (χ1v) is 42.6. The number of aromatic nitrogens is 17. The minimum absolute atomic E-state index is 0.425. The van der Waals surface area contributed by atoms with Crippen LogP contribution in [0, 0.1) is 11.3 Å². The number of nitriles is 1. The summed E-state index contributed by atoms with van der Waals surface area (Å²) in [6.45, 7) is 0. The standard InChI is InChI=1S/C112H68N18/c113-69-70-51-58-92(129-93-59-53-81(108-119-98(71-31-11-1-12-32-71)114-99(120-108)72-33-13-2-14-34-72)64-88(93)89-65-82(54-60-94(89)129)109-121-100(73-35-15-3-16-36-73)115-101(122-109)74-37-17-4-18-38-74)87(63-70)86-57-52-85(112-127-106(79-47-27-9-28-48-79)118-107(128-112)80-49-29-10-30-50-80)68-97(86)130-95-61-55-83(110-123-102(75-39-19-5-20-40-75)116-103(124-110)76-41-21-6-22-42-76)66-90(95)91-67-84(56-62-96(91)130)111-125-104(77-43-23-7-24-44-77)117-105(126-111)78-45-25-8-26-46-78/h1-68H. The second-order valence-electron chi connectivity index (χ2n) is 31.4. The quantitative estimate of drug-likeness (QED) is 0.0778. The summed E-state index contributed by atoms with van der Waals surface area (Å²) in [5.41, 5.74) is 18.7. The average Bonchev–Trinajstić information content (AvgIpc) is 1.59. The minimum atomic E-state index is 0.425. The fourth-order valence-corrected chi connectivity index (χ4v) is 16.9. The Kier molecular flexibility index (Phi) is 19.5. The van der Waals surface area contributed by atoms with Gasteiger partial charge in [-0.15, -0.1) is 0 Å². The molecule has 0 bridgehead atoms. The fraction of sp³-hybridized carbons (Fsp3) is 0. The van der Waals surface area contributed by atoms with E-state index in [1.807, 2.05) is 315 Å². The van der Waals surface area contributed by atoms with Gasteiger partial charge in [0.25, 0.3) is 0 Å². The molecule has 0 spiro atoms. The summed E-state index contributed by atoms with van der Waals surface area (Å²) in [5, 5.41) is 14.9. The number of hydrogen-bond donors (Lipinski definition) is 0. The molecule has 18 nitrogen and oxygen atoms in total. The third-order valence-electron chi connectivity index (χ3n) is 23.2. The number of fused-ring (bicyclic) bond motifs is 6. The zero-order valence-electron chi connectivity index (χ0n) is 69.3. The molecule has 18 heteroatoms. The van der Waals surface area contributed by atoms with Crippen LogP contribution in [0.2, 0.25) is 0 Å². The van der Waals surface area contributed by atoms with E-state index in [1.54, 1.807) is 0 Å². The van der Waals surface area contributed by atoms with Crippen molar-refractivity contribution in [3.63, 3.8) is 0 Å². The number of nitrogens with zero attached hydrogens (tertiary/aromatic N) is 18. The Hall–Kier alpha value is -18.3. The SMILES string of the molecule is N#Cc1ccc(-n2c3ccc(-c4nc(-c5ccccc5)nc(-c5ccccc5)n4)cc3c3cc(-c4nc(-c5ccccc5)nc(-c5ccccc5)n4)ccc32)c(-c2ccc(-c3nc(-c4ccccc4)nc(-c4ccccc4)n3)cc2-n2c3ccc(-c4nc(-c5ccccc5)nc(-c5ccccc5)n4)cc3c3cc(-c4nc(-c5ccccc5)nc(-c5ccccc5)n4)ccc32)c1. The summed E-state index contributed by atoms with van der Waals surface area (Å²) in [6, 6.07) is 140. The predicted octanol–water partition coefficient (Wildman–Crippen LogP) is 25.3. The summed E-state index contributed by atoms with van der Waals surface area (Å²) in [5.74, 6) is 7.51. The largest absolute Gasteiger partial charge is 0.309 e. The van der Waals surface area contributed by atoms with E-state index in [0.717, 1.165) is 144 Å². The first-order valence-electron chi connectivity index (χ1n) is 42.6. The van der Waals surface area contributed by atoms with Gasteiger partial charge in [-0.05, 0) is 97.1 Å². The smallest absolute Gasteiger partial charge is 0.164 e. The first kappa shape index (κ1) is 76.5. The molecular weight excluding hydrogens is 1600 g/mol. The van der Waals surface area contributed by atoms with Crippen molar-refractivity contribution in [2.24, 2.45) is 0 Å². The molecule has 0 radical (unpaired) electrons. The molecule has 7 heterocycles. The van der Waals surface area contributed by atoms with Gasteiger partial charge in [-0.2, -0.15) is 5.26 Å². The second kappa shape index (κ2) is 33.0. The zero-order valence-corrected chi connectivity index (χ0v) is 69.3. The Labute approximate surface area is 745 Å². The van der Waals surface area contributed by atoms with E-state index in [2.05, 4.69) is 112 Å². The van der Waals surface area contributed by atoms with Gasteiger partial charge in [0.05, 0.1) is 45.1 Å². The van der Waals surface area contributed by atoms with E-state index in [0.29, 0.717) is 98.5 Å². The van der Waals surface area contributed by atoms with Crippen molar-refractivity contribution in [2.45, 2.75) is 0 Å². The lowest BCUT2D eigenvalue weighted by Crippen LogP contribution is -2.04. The molecule has 0 N–H and O–H groups in total. The van der Waals surface area contributed by atoms with Crippen LogP contribution < -0.4 is 0 Å². The first-order chi connectivity index (χ1) is 64.3. The molecule has 0 aliphatic rings. The van der Waals surface area contributed by atoms with E-state index in [4.69, 9.17) is 74.8 Å². The molecule has 7 aromatic heterocycles. The zero-order chi connectivity index (χ0) is 86.4. The van der Waals surface area contributed by atoms with Gasteiger partial charge >= 0.3 is 0 Å². The van der Waals surface area contributed by atoms with E-state index >= 15 is 0 Å². The van der Waals surface area contributed by atoms with Crippen molar-refractivity contribution in [1.82, 2.24) is 83.9 Å². The van der Waals surface area contributed by atoms with Crippen molar-refractivity contribution in [1.29, 1.82) is 5.26 Å². The van der Waals surface area contributed by atoms with Crippen molar-refractivity contribution in [2.75, 3.05) is 0 Å². The minimum Gasteiger partial charge on any atom is -0.309 e. The highest BCUT2D eigenvalue weighted by Gasteiger charge is 2.28. The summed E-state index contributed by atoms with van der Waals surface area (Å²) < 4.78 is 4.60. The van der Waals surface area contributed by atoms with Crippen molar-refractivity contribution in [3.8, 4) is 199 Å². The van der Waals surface area contributed by atoms with Crippen LogP contribution in [0.1, 0.15) is 5.56 Å². The lowest BCUT2D eigenvalue weighted by atomic mass is 9.96. The van der Waals surface area contributed by atoms with Crippen LogP contribution in [-0.2, 0) is 0 Å². The van der Waals surface area contributed by atoms with Gasteiger partial charge < -0.3 is 9.13 Å². The van der Waals surface area contributed by atoms with Gasteiger partial charge in [0.1, 0.15) is 0 Å². The lowest BCUT2D eigenvalue weighted by Gasteiger charge is -2.20. The molecule has 0 aliphatic heterocycles. The fourth-order valence-electron chi connectivity index (χ4n) is 16.9. The summed E-state index contributed by atoms with van der Waals surface area (Å²) in [7, 11) is 0. The van der Waals surface area contributed by atoms with Gasteiger partial charge in [-0.1, -0.05) is 315 Å². The lowest BCUT2D eigenvalue weighted by molar-refractivity contribution is 1.07. The van der Waals surface area contributed by atoms with Gasteiger partial charge in [-0.25, -0.2) is 74.8 Å². The Bertz CT molecular complexity index is 7660. The highest BCUT2D eigenvalue weighted by Crippen LogP contribution is 2.46. The Morgan fingerprint density at radius 3 is 0.546 bits per heavy atom. The van der Waals surface area contributed by atoms with Crippen LogP contribution in [-0.4, -0.2) is 83.9 Å². The molecular formula is C112H68N18. The summed E-state index contributed by atoms with van der Waals surface area (Å²) >= 11 is 0. The summed E-state index contributed by atoms with van der Waals surface area (Å²) in [4.78, 5) is 79.0. The molecule has 0 aliphatic carbocycles. The maximum absolute atomic E-state index is 11.5. The van der Waals surface area contributed by atoms with Gasteiger partial charge in [0.2, 0.25) is 0 Å². The predicted molar refractivity (Wildman–Crippen MR) is 514 cm³/mol. The maximum atomic E-state index is 11.5. The molecule has 130 heavy (non-hydrogen) atoms. The molecule has 0 saturated carbocycles. The van der Waals surface area contributed by atoms with Crippen LogP contribution in [0.25, 0.3) is 237 Å². The van der Waals surface area contributed by atoms with Crippen LogP contribution >= 0.6 is 0 Å². The third kappa shape index (κ3) is 14.6. The highest BCUT2D eigenvalue weighted by molar-refractivity contribution is 6.14. The second-order valence-corrected chi connectivity index (χ2v) is 31.4. The van der Waals surface area contributed by atoms with E-state index in [1.165, 1.54) is 0 Å². The van der Waals surface area contributed by atoms with Crippen molar-refractivity contribution in [3.05, 3.63) is 418 Å². The third-order valence-corrected chi connectivity index (χ3v) is 23.2. The Morgan fingerprint density at radius 1 is 0.154 bits per heavy atom. The van der Waals surface area contributed by atoms with Crippen LogP contribution in [0.3, 0.4) is 0 Å². The van der Waals surface area contributed by atoms with Gasteiger partial charge in [-0.3, -0.25) is 0 Å². The van der Waals surface area contributed by atoms with E-state index < -0.39 is 0 Å². The summed E-state index contributed by atoms with van der Waals surface area (Å²) in [6.07, 6.45) is 0. The van der Waals surface area contributed by atoms with E-state index in [-0.39, 0.29) is 0 Å². The Balaban J connectivity index is 0.799. The highest BCUT2D eigenvalue weighted by atomic mass is 15.1. The number of hydrogen-bond acceptors (Lipinski definition) is 16. The average molecular weight is 1670 g/mol. The number of rotatable bonds is 18. The van der Waals surface area contributed by atoms with Crippen LogP contribution in [0.5, 0.6) is 0 Å². The molecule has 606 valence electrons. The van der Waals surface area contributed by atoms with Crippen molar-refractivity contribution >= 4 is 43.6 Å². The normalized spacial score (nSPS) is 11.4. The molecule has 23 rings (SSSR count). The van der Waals surface area contributed by atoms with Crippen molar-refractivity contribution < 1.29 is 0 Å². The van der Waals surface area contributed by atoms with Crippen LogP contribution in [0.4, 0.5) is 0 Å². The van der Waals surface area contributed by atoms with Gasteiger partial charge in [0.15, 0.2) is 87.4 Å². The molecule has 23 aromatic rings. The monoisotopic (exact) mass is 1660 g/mol. The van der Waals surface area contributed by atoms with E-state index in [9.17, 15) is 5.26 Å². The molecule has 0 atom stereocenters. The molecule has 0 saturated heterocycles. The number of benzene rings is 16. The molecule has 0 amide bonds. The molecule has 0 fully saturated rings. The maximum Gasteiger partial charge on any atom is 0.164 e.